The molecule has 4 aromatic rings. The lowest BCUT2D eigenvalue weighted by Gasteiger charge is -2.22. The first-order valence-corrected chi connectivity index (χ1v) is 13.1. The number of para-hydroxylation sites is 1. The van der Waals surface area contributed by atoms with Crippen molar-refractivity contribution in [2.45, 2.75) is 37.2 Å². The number of methoxy groups -OCH3 is 1. The summed E-state index contributed by atoms with van der Waals surface area (Å²) in [5.41, 5.74) is 3.81. The van der Waals surface area contributed by atoms with Crippen LogP contribution in [0.1, 0.15) is 36.9 Å². The molecule has 0 fully saturated rings. The Balaban J connectivity index is 1.40. The molecule has 184 valence electrons. The maximum Gasteiger partial charge on any atom is 0.253 e. The van der Waals surface area contributed by atoms with Gasteiger partial charge >= 0.3 is 0 Å². The van der Waals surface area contributed by atoms with Crippen molar-refractivity contribution in [1.82, 2.24) is 9.58 Å². The summed E-state index contributed by atoms with van der Waals surface area (Å²) in [5, 5.41) is 7.48. The van der Waals surface area contributed by atoms with Crippen molar-refractivity contribution in [3.8, 4) is 5.75 Å². The second-order valence-electron chi connectivity index (χ2n) is 8.78. The largest absolute Gasteiger partial charge is 0.497 e. The Morgan fingerprint density at radius 1 is 1.08 bits per heavy atom. The average Bonchev–Trinajstić information content (AvgIpc) is 3.51. The average molecular weight is 502 g/mol. The standard InChI is InChI=1S/C29H28FN3O2S/c1-3-16-32-18-28(24-6-4-5-7-26(24)32)36-19-29(34)33-27(21-8-12-22(30)13-9-21)17-25(31-33)20-10-14-23(35-2)15-11-20/h4-15,18,27H,3,16-17,19H2,1-2H3. The van der Waals surface area contributed by atoms with Crippen molar-refractivity contribution in [3.05, 3.63) is 95.9 Å². The van der Waals surface area contributed by atoms with E-state index in [0.29, 0.717) is 6.42 Å². The highest BCUT2D eigenvalue weighted by Gasteiger charge is 2.33. The second kappa shape index (κ2) is 10.6. The van der Waals surface area contributed by atoms with E-state index >= 15 is 0 Å². The third kappa shape index (κ3) is 4.88. The maximum absolute atomic E-state index is 13.6. The summed E-state index contributed by atoms with van der Waals surface area (Å²) in [6.07, 6.45) is 3.74. The van der Waals surface area contributed by atoms with Gasteiger partial charge in [-0.25, -0.2) is 9.40 Å². The number of rotatable bonds is 8. The first kappa shape index (κ1) is 24.1. The van der Waals surface area contributed by atoms with Crippen LogP contribution in [0.15, 0.2) is 89.0 Å². The van der Waals surface area contributed by atoms with Crippen molar-refractivity contribution >= 4 is 34.3 Å². The van der Waals surface area contributed by atoms with Crippen LogP contribution >= 0.6 is 11.8 Å². The summed E-state index contributed by atoms with van der Waals surface area (Å²) >= 11 is 1.54. The summed E-state index contributed by atoms with van der Waals surface area (Å²) < 4.78 is 21.1. The minimum absolute atomic E-state index is 0.0786. The van der Waals surface area contributed by atoms with E-state index in [1.165, 1.54) is 29.4 Å². The van der Waals surface area contributed by atoms with Gasteiger partial charge in [-0.15, -0.1) is 11.8 Å². The van der Waals surface area contributed by atoms with Crippen molar-refractivity contribution in [2.24, 2.45) is 5.10 Å². The van der Waals surface area contributed by atoms with Gasteiger partial charge in [-0.2, -0.15) is 5.10 Å². The van der Waals surface area contributed by atoms with Crippen molar-refractivity contribution in [3.63, 3.8) is 0 Å². The van der Waals surface area contributed by atoms with Crippen LogP contribution in [0.4, 0.5) is 4.39 Å². The molecule has 3 aromatic carbocycles. The number of carbonyl (C=O) groups excluding carboxylic acids is 1. The van der Waals surface area contributed by atoms with Gasteiger partial charge in [0.2, 0.25) is 0 Å². The van der Waals surface area contributed by atoms with Gasteiger partial charge in [-0.3, -0.25) is 4.79 Å². The molecule has 0 bridgehead atoms. The SMILES string of the molecule is CCCn1cc(SCC(=O)N2N=C(c3ccc(OC)cc3)CC2c2ccc(F)cc2)c2ccccc21. The summed E-state index contributed by atoms with van der Waals surface area (Å²) in [7, 11) is 1.63. The molecular formula is C29H28FN3O2S. The van der Waals surface area contributed by atoms with Gasteiger partial charge < -0.3 is 9.30 Å². The van der Waals surface area contributed by atoms with Gasteiger partial charge in [0.15, 0.2) is 0 Å². The van der Waals surface area contributed by atoms with E-state index < -0.39 is 0 Å². The highest BCUT2D eigenvalue weighted by Crippen LogP contribution is 2.35. The Bertz CT molecular complexity index is 1400. The molecule has 0 N–H and O–H groups in total. The van der Waals surface area contributed by atoms with Gasteiger partial charge in [-0.05, 0) is 60.0 Å². The number of fused-ring (bicyclic) bond motifs is 1. The summed E-state index contributed by atoms with van der Waals surface area (Å²) in [4.78, 5) is 14.6. The Morgan fingerprint density at radius 2 is 1.83 bits per heavy atom. The monoisotopic (exact) mass is 501 g/mol. The molecule has 0 radical (unpaired) electrons. The fourth-order valence-corrected chi connectivity index (χ4v) is 5.54. The number of aromatic nitrogens is 1. The minimum atomic E-state index is -0.301. The van der Waals surface area contributed by atoms with Gasteiger partial charge in [0.1, 0.15) is 11.6 Å². The zero-order chi connectivity index (χ0) is 25.1. The second-order valence-corrected chi connectivity index (χ2v) is 9.79. The fourth-order valence-electron chi connectivity index (χ4n) is 4.60. The molecule has 1 amide bonds. The van der Waals surface area contributed by atoms with E-state index in [0.717, 1.165) is 45.8 Å². The maximum atomic E-state index is 13.6. The molecular weight excluding hydrogens is 473 g/mol. The smallest absolute Gasteiger partial charge is 0.253 e. The van der Waals surface area contributed by atoms with Gasteiger partial charge in [0.05, 0.1) is 24.6 Å². The Hall–Kier alpha value is -3.58. The number of aryl methyl sites for hydroxylation is 1. The lowest BCUT2D eigenvalue weighted by Crippen LogP contribution is -2.28. The number of thioether (sulfide) groups is 1. The molecule has 1 unspecified atom stereocenters. The zero-order valence-electron chi connectivity index (χ0n) is 20.4. The molecule has 2 heterocycles. The predicted octanol–water partition coefficient (Wildman–Crippen LogP) is 6.67. The third-order valence-electron chi connectivity index (χ3n) is 6.41. The number of hydrogen-bond donors (Lipinski definition) is 0. The Labute approximate surface area is 214 Å². The molecule has 0 saturated heterocycles. The number of hydrogen-bond acceptors (Lipinski definition) is 4. The van der Waals surface area contributed by atoms with Crippen molar-refractivity contribution in [2.75, 3.05) is 12.9 Å². The third-order valence-corrected chi connectivity index (χ3v) is 7.44. The number of nitrogens with zero attached hydrogens (tertiary/aromatic N) is 3. The molecule has 7 heteroatoms. The predicted molar refractivity (Wildman–Crippen MR) is 143 cm³/mol. The van der Waals surface area contributed by atoms with Crippen LogP contribution in [0, 0.1) is 5.82 Å². The van der Waals surface area contributed by atoms with Crippen LogP contribution in [0.25, 0.3) is 10.9 Å². The molecule has 0 saturated carbocycles. The molecule has 1 aliphatic rings. The molecule has 1 aliphatic heterocycles. The fraction of sp³-hybridized carbons (Fsp3) is 0.241. The van der Waals surface area contributed by atoms with E-state index in [9.17, 15) is 9.18 Å². The van der Waals surface area contributed by atoms with E-state index in [-0.39, 0.29) is 23.5 Å². The van der Waals surface area contributed by atoms with E-state index in [1.807, 2.05) is 36.4 Å². The van der Waals surface area contributed by atoms with Crippen LogP contribution in [0.5, 0.6) is 5.75 Å². The highest BCUT2D eigenvalue weighted by molar-refractivity contribution is 8.00. The Morgan fingerprint density at radius 3 is 2.56 bits per heavy atom. The van der Waals surface area contributed by atoms with Gasteiger partial charge in [0.25, 0.3) is 5.91 Å². The lowest BCUT2D eigenvalue weighted by atomic mass is 9.98. The van der Waals surface area contributed by atoms with Gasteiger partial charge in [-0.1, -0.05) is 37.3 Å². The first-order valence-electron chi connectivity index (χ1n) is 12.1. The number of carbonyl (C=O) groups is 1. The van der Waals surface area contributed by atoms with Crippen LogP contribution in [-0.2, 0) is 11.3 Å². The van der Waals surface area contributed by atoms with E-state index in [2.05, 4.69) is 29.8 Å². The molecule has 1 aromatic heterocycles. The quantitative estimate of drug-likeness (QED) is 0.253. The topological polar surface area (TPSA) is 46.8 Å². The first-order chi connectivity index (χ1) is 17.6. The number of hydrazone groups is 1. The van der Waals surface area contributed by atoms with Gasteiger partial charge in [0, 0.05) is 35.0 Å². The number of amides is 1. The van der Waals surface area contributed by atoms with E-state index in [4.69, 9.17) is 9.84 Å². The van der Waals surface area contributed by atoms with Crippen molar-refractivity contribution in [1.29, 1.82) is 0 Å². The molecule has 1 atom stereocenters. The number of benzene rings is 3. The van der Waals surface area contributed by atoms with Crippen molar-refractivity contribution < 1.29 is 13.9 Å². The molecule has 36 heavy (non-hydrogen) atoms. The molecule has 0 spiro atoms. The van der Waals surface area contributed by atoms with E-state index in [1.54, 1.807) is 24.3 Å². The molecule has 0 aliphatic carbocycles. The zero-order valence-corrected chi connectivity index (χ0v) is 21.2. The summed E-state index contributed by atoms with van der Waals surface area (Å²) in [5.74, 6) is 0.645. The van der Waals surface area contributed by atoms with Crippen LogP contribution in [0.3, 0.4) is 0 Å². The molecule has 5 nitrogen and oxygen atoms in total. The van der Waals surface area contributed by atoms with Crippen LogP contribution in [0.2, 0.25) is 0 Å². The highest BCUT2D eigenvalue weighted by atomic mass is 32.2. The summed E-state index contributed by atoms with van der Waals surface area (Å²) in [6, 6.07) is 22.0. The number of halogens is 1. The minimum Gasteiger partial charge on any atom is -0.497 e. The van der Waals surface area contributed by atoms with Crippen LogP contribution in [-0.4, -0.2) is 34.1 Å². The lowest BCUT2D eigenvalue weighted by molar-refractivity contribution is -0.130. The Kier molecular flexibility index (Phi) is 7.09. The normalized spacial score (nSPS) is 15.4. The summed E-state index contributed by atoms with van der Waals surface area (Å²) in [6.45, 7) is 3.09. The molecule has 5 rings (SSSR count). The van der Waals surface area contributed by atoms with Crippen LogP contribution < -0.4 is 4.74 Å². The number of ether oxygens (including phenoxy) is 1.